The minimum atomic E-state index is 0. The summed E-state index contributed by atoms with van der Waals surface area (Å²) in [6, 6.07) is 0. The maximum Gasteiger partial charge on any atom is 0.193 e. The lowest BCUT2D eigenvalue weighted by molar-refractivity contribution is -0.00802. The Hall–Kier alpha value is -0.870. The van der Waals surface area contributed by atoms with Crippen LogP contribution in [0.2, 0.25) is 0 Å². The number of guanidine groups is 1. The largest absolute Gasteiger partial charge is 0.370 e. The first-order valence-electron chi connectivity index (χ1n) is 10.0. The van der Waals surface area contributed by atoms with Crippen LogP contribution < -0.4 is 5.32 Å². The van der Waals surface area contributed by atoms with Crippen molar-refractivity contribution < 1.29 is 4.74 Å². The first kappa shape index (κ1) is 22.4. The van der Waals surface area contributed by atoms with Gasteiger partial charge in [-0.15, -0.1) is 24.0 Å². The van der Waals surface area contributed by atoms with E-state index in [2.05, 4.69) is 25.2 Å². The quantitative estimate of drug-likeness (QED) is 0.297. The zero-order valence-electron chi connectivity index (χ0n) is 16.8. The molecule has 1 aromatic rings. The van der Waals surface area contributed by atoms with Crippen LogP contribution in [0.25, 0.3) is 0 Å². The highest BCUT2D eigenvalue weighted by Gasteiger charge is 2.25. The van der Waals surface area contributed by atoms with Crippen LogP contribution in [0.3, 0.4) is 0 Å². The molecule has 2 aliphatic heterocycles. The maximum absolute atomic E-state index is 5.93. The van der Waals surface area contributed by atoms with E-state index < -0.39 is 0 Å². The summed E-state index contributed by atoms with van der Waals surface area (Å²) < 4.78 is 7.76. The number of aliphatic imine (C=N–C) groups is 1. The van der Waals surface area contributed by atoms with Crippen molar-refractivity contribution in [2.75, 3.05) is 52.9 Å². The van der Waals surface area contributed by atoms with E-state index in [4.69, 9.17) is 4.74 Å². The van der Waals surface area contributed by atoms with Gasteiger partial charge in [0.25, 0.3) is 0 Å². The number of ether oxygens (including phenoxy) is 1. The van der Waals surface area contributed by atoms with E-state index in [1.807, 2.05) is 31.2 Å². The number of hydrogen-bond donors (Lipinski definition) is 1. The summed E-state index contributed by atoms with van der Waals surface area (Å²) in [5.74, 6) is 0.984. The third kappa shape index (κ3) is 6.90. The third-order valence-electron chi connectivity index (χ3n) is 5.31. The van der Waals surface area contributed by atoms with Crippen LogP contribution in [0.4, 0.5) is 0 Å². The lowest BCUT2D eigenvalue weighted by Gasteiger charge is -2.34. The van der Waals surface area contributed by atoms with Gasteiger partial charge in [-0.3, -0.25) is 9.67 Å². The molecule has 0 aliphatic carbocycles. The van der Waals surface area contributed by atoms with Crippen LogP contribution in [0.15, 0.2) is 17.4 Å². The number of rotatable bonds is 5. The van der Waals surface area contributed by atoms with Gasteiger partial charge in [-0.2, -0.15) is 5.10 Å². The van der Waals surface area contributed by atoms with Crippen molar-refractivity contribution in [1.29, 1.82) is 0 Å². The van der Waals surface area contributed by atoms with Crippen LogP contribution in [0.1, 0.15) is 43.8 Å². The number of halogens is 1. The zero-order valence-corrected chi connectivity index (χ0v) is 19.1. The fraction of sp³-hybridized carbons (Fsp3) is 0.789. The number of aryl methyl sites for hydroxylation is 1. The topological polar surface area (TPSA) is 57.9 Å². The van der Waals surface area contributed by atoms with Gasteiger partial charge in [0.1, 0.15) is 6.10 Å². The second kappa shape index (κ2) is 11.9. The Bertz CT molecular complexity index is 570. The number of nitrogens with one attached hydrogen (secondary N) is 1. The molecule has 7 nitrogen and oxygen atoms in total. The van der Waals surface area contributed by atoms with Crippen LogP contribution in [0.5, 0.6) is 0 Å². The molecule has 3 heterocycles. The summed E-state index contributed by atoms with van der Waals surface area (Å²) in [7, 11) is 3.81. The Labute approximate surface area is 180 Å². The average molecular weight is 490 g/mol. The molecule has 8 heteroatoms. The molecule has 1 unspecified atom stereocenters. The van der Waals surface area contributed by atoms with E-state index in [0.717, 1.165) is 37.6 Å². The molecule has 0 spiro atoms. The van der Waals surface area contributed by atoms with Gasteiger partial charge in [0, 0.05) is 38.9 Å². The van der Waals surface area contributed by atoms with Gasteiger partial charge >= 0.3 is 0 Å². The molecule has 27 heavy (non-hydrogen) atoms. The van der Waals surface area contributed by atoms with Crippen molar-refractivity contribution in [2.45, 2.75) is 38.2 Å². The summed E-state index contributed by atoms with van der Waals surface area (Å²) in [5, 5.41) is 7.81. The van der Waals surface area contributed by atoms with E-state index >= 15 is 0 Å². The van der Waals surface area contributed by atoms with Crippen molar-refractivity contribution in [1.82, 2.24) is 24.9 Å². The van der Waals surface area contributed by atoms with Crippen molar-refractivity contribution in [3.8, 4) is 0 Å². The molecule has 0 aromatic carbocycles. The summed E-state index contributed by atoms with van der Waals surface area (Å²) >= 11 is 0. The molecular weight excluding hydrogens is 455 g/mol. The SMILES string of the molecule is CN=C(NCCCN1CCCCCC1)N1CCOC(c2cnn(C)c2)C1.I. The van der Waals surface area contributed by atoms with Gasteiger partial charge in [-0.1, -0.05) is 12.8 Å². The molecular formula is C19H35IN6O. The standard InChI is InChI=1S/C19H34N6O.HI/c1-20-19(21-8-7-11-24-9-5-3-4-6-10-24)25-12-13-26-18(16-25)17-14-22-23(2)15-17;/h14-15,18H,3-13,16H2,1-2H3,(H,20,21);1H. The predicted molar refractivity (Wildman–Crippen MR) is 120 cm³/mol. The highest BCUT2D eigenvalue weighted by atomic mass is 127. The monoisotopic (exact) mass is 490 g/mol. The lowest BCUT2D eigenvalue weighted by Crippen LogP contribution is -2.48. The van der Waals surface area contributed by atoms with E-state index in [9.17, 15) is 0 Å². The number of hydrogen-bond acceptors (Lipinski definition) is 4. The minimum Gasteiger partial charge on any atom is -0.370 e. The molecule has 0 saturated carbocycles. The summed E-state index contributed by atoms with van der Waals surface area (Å²) in [5.41, 5.74) is 1.13. The van der Waals surface area contributed by atoms with Gasteiger partial charge in [-0.25, -0.2) is 0 Å². The third-order valence-corrected chi connectivity index (χ3v) is 5.31. The average Bonchev–Trinajstić information content (AvgIpc) is 2.93. The van der Waals surface area contributed by atoms with E-state index in [0.29, 0.717) is 6.61 Å². The zero-order chi connectivity index (χ0) is 18.2. The molecule has 2 aliphatic rings. The molecule has 0 amide bonds. The summed E-state index contributed by atoms with van der Waals surface area (Å²) in [4.78, 5) is 9.40. The van der Waals surface area contributed by atoms with E-state index in [-0.39, 0.29) is 30.1 Å². The Morgan fingerprint density at radius 2 is 2.04 bits per heavy atom. The smallest absolute Gasteiger partial charge is 0.193 e. The lowest BCUT2D eigenvalue weighted by atomic mass is 10.1. The number of morpholine rings is 1. The van der Waals surface area contributed by atoms with E-state index in [1.54, 1.807) is 0 Å². The first-order chi connectivity index (χ1) is 12.8. The van der Waals surface area contributed by atoms with Crippen molar-refractivity contribution >= 4 is 29.9 Å². The Morgan fingerprint density at radius 1 is 1.26 bits per heavy atom. The van der Waals surface area contributed by atoms with E-state index in [1.165, 1.54) is 45.3 Å². The minimum absolute atomic E-state index is 0. The van der Waals surface area contributed by atoms with Crippen LogP contribution in [-0.2, 0) is 11.8 Å². The first-order valence-corrected chi connectivity index (χ1v) is 10.0. The number of nitrogens with zero attached hydrogens (tertiary/aromatic N) is 5. The molecule has 0 bridgehead atoms. The van der Waals surface area contributed by atoms with Gasteiger partial charge in [0.05, 0.1) is 19.3 Å². The Balaban J connectivity index is 0.00000261. The molecule has 3 rings (SSSR count). The predicted octanol–water partition coefficient (Wildman–Crippen LogP) is 2.25. The molecule has 1 N–H and O–H groups in total. The number of aromatic nitrogens is 2. The van der Waals surface area contributed by atoms with Crippen molar-refractivity contribution in [2.24, 2.45) is 12.0 Å². The molecule has 154 valence electrons. The van der Waals surface area contributed by atoms with Crippen LogP contribution in [-0.4, -0.2) is 78.5 Å². The van der Waals surface area contributed by atoms with Gasteiger partial charge in [-0.05, 0) is 38.9 Å². The van der Waals surface area contributed by atoms with Crippen LogP contribution in [0, 0.1) is 0 Å². The molecule has 1 aromatic heterocycles. The van der Waals surface area contributed by atoms with Crippen molar-refractivity contribution in [3.63, 3.8) is 0 Å². The van der Waals surface area contributed by atoms with Gasteiger partial charge in [0.2, 0.25) is 0 Å². The summed E-state index contributed by atoms with van der Waals surface area (Å²) in [6.45, 7) is 7.10. The molecule has 0 radical (unpaired) electrons. The highest BCUT2D eigenvalue weighted by molar-refractivity contribution is 14.0. The fourth-order valence-corrected chi connectivity index (χ4v) is 3.84. The second-order valence-corrected chi connectivity index (χ2v) is 7.34. The fourth-order valence-electron chi connectivity index (χ4n) is 3.84. The molecule has 1 atom stereocenters. The Morgan fingerprint density at radius 3 is 2.70 bits per heavy atom. The van der Waals surface area contributed by atoms with Crippen LogP contribution >= 0.6 is 24.0 Å². The maximum atomic E-state index is 5.93. The number of likely N-dealkylation sites (tertiary alicyclic amines) is 1. The molecule has 2 fully saturated rings. The van der Waals surface area contributed by atoms with Gasteiger partial charge in [0.15, 0.2) is 5.96 Å². The highest BCUT2D eigenvalue weighted by Crippen LogP contribution is 2.21. The molecule has 2 saturated heterocycles. The normalized spacial score (nSPS) is 22.2. The second-order valence-electron chi connectivity index (χ2n) is 7.34. The van der Waals surface area contributed by atoms with Gasteiger partial charge < -0.3 is 19.9 Å². The Kier molecular flexibility index (Phi) is 9.84. The van der Waals surface area contributed by atoms with Crippen molar-refractivity contribution in [3.05, 3.63) is 18.0 Å². The summed E-state index contributed by atoms with van der Waals surface area (Å²) in [6.07, 6.45) is 10.7.